The van der Waals surface area contributed by atoms with Crippen LogP contribution in [0.1, 0.15) is 52.4 Å². The molecule has 1 atom stereocenters. The molecule has 0 aliphatic heterocycles. The molecule has 5 nitrogen and oxygen atoms in total. The maximum Gasteiger partial charge on any atom is 0.165 e. The number of aromatic nitrogens is 4. The minimum absolute atomic E-state index is 0.383. The zero-order chi connectivity index (χ0) is 11.3. The predicted octanol–water partition coefficient (Wildman–Crippen LogP) is 1.53. The van der Waals surface area contributed by atoms with Crippen LogP contribution in [-0.2, 0) is 6.54 Å². The average Bonchev–Trinajstić information content (AvgIpc) is 2.62. The van der Waals surface area contributed by atoms with Crippen molar-refractivity contribution in [1.82, 2.24) is 25.5 Å². The molecule has 1 rings (SSSR count). The molecule has 0 saturated carbocycles. The van der Waals surface area contributed by atoms with Crippen molar-refractivity contribution >= 4 is 0 Å². The summed E-state index contributed by atoms with van der Waals surface area (Å²) in [6.45, 7) is 9.29. The normalized spacial score (nSPS) is 13.4. The second-order valence-corrected chi connectivity index (χ2v) is 4.21. The Hall–Kier alpha value is -0.970. The molecule has 15 heavy (non-hydrogen) atoms. The summed E-state index contributed by atoms with van der Waals surface area (Å²) >= 11 is 0. The van der Waals surface area contributed by atoms with Crippen LogP contribution in [0.3, 0.4) is 0 Å². The van der Waals surface area contributed by atoms with E-state index >= 15 is 0 Å². The molecule has 0 saturated heterocycles. The lowest BCUT2D eigenvalue weighted by Gasteiger charge is -2.13. The minimum atomic E-state index is 0.383. The van der Waals surface area contributed by atoms with Gasteiger partial charge in [-0.3, -0.25) is 0 Å². The molecular weight excluding hydrogens is 190 g/mol. The third kappa shape index (κ3) is 3.58. The van der Waals surface area contributed by atoms with Crippen LogP contribution in [0, 0.1) is 0 Å². The molecule has 1 N–H and O–H groups in total. The fourth-order valence-corrected chi connectivity index (χ4v) is 1.51. The van der Waals surface area contributed by atoms with Gasteiger partial charge in [0.15, 0.2) is 5.82 Å². The molecule has 0 amide bonds. The van der Waals surface area contributed by atoms with Crippen molar-refractivity contribution in [3.8, 4) is 0 Å². The Kier molecular flexibility index (Phi) is 4.68. The SMILES string of the molecule is CCCC(C)n1nnnc1CNC(C)C. The van der Waals surface area contributed by atoms with Gasteiger partial charge in [-0.05, 0) is 23.8 Å². The molecule has 1 heterocycles. The Balaban J connectivity index is 2.60. The molecule has 1 aromatic rings. The lowest BCUT2D eigenvalue weighted by atomic mass is 10.2. The lowest BCUT2D eigenvalue weighted by molar-refractivity contribution is 0.418. The molecule has 0 aliphatic carbocycles. The summed E-state index contributed by atoms with van der Waals surface area (Å²) in [6.07, 6.45) is 2.26. The molecule has 0 aliphatic rings. The van der Waals surface area contributed by atoms with Crippen molar-refractivity contribution in [3.63, 3.8) is 0 Å². The maximum absolute atomic E-state index is 4.03. The van der Waals surface area contributed by atoms with E-state index in [9.17, 15) is 0 Å². The number of hydrogen-bond donors (Lipinski definition) is 1. The first-order valence-corrected chi connectivity index (χ1v) is 5.65. The first-order valence-electron chi connectivity index (χ1n) is 5.65. The van der Waals surface area contributed by atoms with Crippen LogP contribution < -0.4 is 5.32 Å². The van der Waals surface area contributed by atoms with Gasteiger partial charge in [0.1, 0.15) is 0 Å². The van der Waals surface area contributed by atoms with Crippen LogP contribution in [0.25, 0.3) is 0 Å². The Morgan fingerprint density at radius 1 is 1.33 bits per heavy atom. The second kappa shape index (κ2) is 5.80. The molecule has 5 heteroatoms. The van der Waals surface area contributed by atoms with Crippen molar-refractivity contribution in [2.45, 2.75) is 59.2 Å². The van der Waals surface area contributed by atoms with E-state index in [1.165, 1.54) is 0 Å². The molecule has 0 aromatic carbocycles. The highest BCUT2D eigenvalue weighted by Gasteiger charge is 2.11. The lowest BCUT2D eigenvalue weighted by Crippen LogP contribution is -2.25. The topological polar surface area (TPSA) is 55.6 Å². The summed E-state index contributed by atoms with van der Waals surface area (Å²) < 4.78 is 1.92. The summed E-state index contributed by atoms with van der Waals surface area (Å²) in [5.74, 6) is 0.921. The van der Waals surface area contributed by atoms with E-state index < -0.39 is 0 Å². The molecule has 1 unspecified atom stereocenters. The fourth-order valence-electron chi connectivity index (χ4n) is 1.51. The van der Waals surface area contributed by atoms with Crippen molar-refractivity contribution in [3.05, 3.63) is 5.82 Å². The van der Waals surface area contributed by atoms with E-state index in [-0.39, 0.29) is 0 Å². The van der Waals surface area contributed by atoms with Gasteiger partial charge in [0.25, 0.3) is 0 Å². The van der Waals surface area contributed by atoms with Gasteiger partial charge >= 0.3 is 0 Å². The molecule has 0 fully saturated rings. The Bertz CT molecular complexity index is 281. The Labute approximate surface area is 91.2 Å². The average molecular weight is 211 g/mol. The highest BCUT2D eigenvalue weighted by molar-refractivity contribution is 4.83. The highest BCUT2D eigenvalue weighted by atomic mass is 15.6. The van der Waals surface area contributed by atoms with Crippen LogP contribution in [-0.4, -0.2) is 26.2 Å². The van der Waals surface area contributed by atoms with Crippen molar-refractivity contribution < 1.29 is 0 Å². The van der Waals surface area contributed by atoms with Crippen molar-refractivity contribution in [2.24, 2.45) is 0 Å². The van der Waals surface area contributed by atoms with Gasteiger partial charge in [-0.1, -0.05) is 27.2 Å². The van der Waals surface area contributed by atoms with Crippen LogP contribution >= 0.6 is 0 Å². The number of nitrogens with zero attached hydrogens (tertiary/aromatic N) is 4. The molecule has 86 valence electrons. The smallest absolute Gasteiger partial charge is 0.165 e. The first kappa shape index (κ1) is 12.1. The van der Waals surface area contributed by atoms with E-state index in [0.29, 0.717) is 12.1 Å². The summed E-state index contributed by atoms with van der Waals surface area (Å²) in [5.41, 5.74) is 0. The van der Waals surface area contributed by atoms with Gasteiger partial charge < -0.3 is 5.32 Å². The zero-order valence-electron chi connectivity index (χ0n) is 10.1. The number of nitrogens with one attached hydrogen (secondary N) is 1. The molecule has 0 bridgehead atoms. The van der Waals surface area contributed by atoms with E-state index in [0.717, 1.165) is 25.2 Å². The molecule has 0 radical (unpaired) electrons. The predicted molar refractivity (Wildman–Crippen MR) is 59.4 cm³/mol. The number of hydrogen-bond acceptors (Lipinski definition) is 4. The van der Waals surface area contributed by atoms with E-state index in [4.69, 9.17) is 0 Å². The third-order valence-electron chi connectivity index (χ3n) is 2.35. The molecular formula is C10H21N5. The van der Waals surface area contributed by atoms with Gasteiger partial charge in [0, 0.05) is 6.04 Å². The summed E-state index contributed by atoms with van der Waals surface area (Å²) in [4.78, 5) is 0. The van der Waals surface area contributed by atoms with E-state index in [2.05, 4.69) is 48.5 Å². The summed E-state index contributed by atoms with van der Waals surface area (Å²) in [7, 11) is 0. The van der Waals surface area contributed by atoms with E-state index in [1.54, 1.807) is 0 Å². The Morgan fingerprint density at radius 2 is 2.07 bits per heavy atom. The van der Waals surface area contributed by atoms with E-state index in [1.807, 2.05) is 4.68 Å². The van der Waals surface area contributed by atoms with Gasteiger partial charge in [-0.2, -0.15) is 0 Å². The highest BCUT2D eigenvalue weighted by Crippen LogP contribution is 2.12. The fraction of sp³-hybridized carbons (Fsp3) is 0.900. The summed E-state index contributed by atoms with van der Waals surface area (Å²) in [6, 6.07) is 0.839. The maximum atomic E-state index is 4.03. The largest absolute Gasteiger partial charge is 0.308 e. The van der Waals surface area contributed by atoms with Gasteiger partial charge in [-0.25, -0.2) is 4.68 Å². The zero-order valence-corrected chi connectivity index (χ0v) is 10.1. The van der Waals surface area contributed by atoms with Crippen LogP contribution in [0.5, 0.6) is 0 Å². The van der Waals surface area contributed by atoms with Gasteiger partial charge in [-0.15, -0.1) is 5.10 Å². The van der Waals surface area contributed by atoms with Crippen LogP contribution in [0.15, 0.2) is 0 Å². The quantitative estimate of drug-likeness (QED) is 0.775. The number of rotatable bonds is 6. The standard InChI is InChI=1S/C10H21N5/c1-5-6-9(4)15-10(12-13-14-15)7-11-8(2)3/h8-9,11H,5-7H2,1-4H3. The monoisotopic (exact) mass is 211 g/mol. The van der Waals surface area contributed by atoms with Gasteiger partial charge in [0.2, 0.25) is 0 Å². The number of tetrazole rings is 1. The molecule has 0 spiro atoms. The second-order valence-electron chi connectivity index (χ2n) is 4.21. The van der Waals surface area contributed by atoms with Crippen molar-refractivity contribution in [2.75, 3.05) is 0 Å². The van der Waals surface area contributed by atoms with Gasteiger partial charge in [0.05, 0.1) is 12.6 Å². The minimum Gasteiger partial charge on any atom is -0.308 e. The first-order chi connectivity index (χ1) is 7.15. The third-order valence-corrected chi connectivity index (χ3v) is 2.35. The van der Waals surface area contributed by atoms with Crippen molar-refractivity contribution in [1.29, 1.82) is 0 Å². The van der Waals surface area contributed by atoms with Crippen LogP contribution in [0.2, 0.25) is 0 Å². The molecule has 1 aromatic heterocycles. The summed E-state index contributed by atoms with van der Waals surface area (Å²) in [5, 5.41) is 15.1. The Morgan fingerprint density at radius 3 is 2.67 bits per heavy atom. The van der Waals surface area contributed by atoms with Crippen LogP contribution in [0.4, 0.5) is 0 Å².